The van der Waals surface area contributed by atoms with E-state index in [2.05, 4.69) is 4.98 Å². The number of ketones is 1. The standard InChI is InChI=1S/C7H7NO.Au.3ClH/c1-6(9)7-3-2-4-8-5-7;;;;/h2-5H,1H3;;3*1H/q;+3;;;/p-3. The third-order valence-corrected chi connectivity index (χ3v) is 1.07. The van der Waals surface area contributed by atoms with Gasteiger partial charge in [0.1, 0.15) is 0 Å². The van der Waals surface area contributed by atoms with E-state index in [1.807, 2.05) is 0 Å². The van der Waals surface area contributed by atoms with Crippen LogP contribution in [0.3, 0.4) is 0 Å². The Morgan fingerprint density at radius 1 is 1.46 bits per heavy atom. The Bertz CT molecular complexity index is 252. The van der Waals surface area contributed by atoms with Gasteiger partial charge in [-0.15, -0.1) is 0 Å². The Labute approximate surface area is 94.8 Å². The first kappa shape index (κ1) is 13.4. The van der Waals surface area contributed by atoms with E-state index in [0.29, 0.717) is 5.56 Å². The van der Waals surface area contributed by atoms with Crippen LogP contribution in [0.5, 0.6) is 0 Å². The van der Waals surface area contributed by atoms with Crippen molar-refractivity contribution in [2.24, 2.45) is 0 Å². The van der Waals surface area contributed by atoms with E-state index in [1.165, 1.54) is 6.92 Å². The summed E-state index contributed by atoms with van der Waals surface area (Å²) >= 11 is -1.79. The first-order valence-corrected chi connectivity index (χ1v) is 11.1. The fourth-order valence-corrected chi connectivity index (χ4v) is 0.571. The average Bonchev–Trinajstić information content (AvgIpc) is 2.05. The van der Waals surface area contributed by atoms with Gasteiger partial charge in [-0.1, -0.05) is 0 Å². The normalized spacial score (nSPS) is 9.69. The van der Waals surface area contributed by atoms with Crippen LogP contribution in [0.2, 0.25) is 0 Å². The number of carbonyl (C=O) groups excluding carboxylic acids is 1. The topological polar surface area (TPSA) is 30.0 Å². The second-order valence-corrected chi connectivity index (χ2v) is 11.3. The van der Waals surface area contributed by atoms with E-state index in [4.69, 9.17) is 27.6 Å². The van der Waals surface area contributed by atoms with Gasteiger partial charge in [-0.2, -0.15) is 0 Å². The zero-order valence-electron chi connectivity index (χ0n) is 6.60. The van der Waals surface area contributed by atoms with Crippen molar-refractivity contribution in [2.45, 2.75) is 6.92 Å². The molecule has 0 aliphatic rings. The van der Waals surface area contributed by atoms with Gasteiger partial charge in [0.25, 0.3) is 0 Å². The number of hydrogen-bond acceptors (Lipinski definition) is 2. The molecule has 1 aromatic rings. The van der Waals surface area contributed by atoms with Crippen molar-refractivity contribution >= 4 is 33.4 Å². The molecule has 0 radical (unpaired) electrons. The molecular weight excluding hydrogens is 417 g/mol. The Hall–Kier alpha value is 0.430. The summed E-state index contributed by atoms with van der Waals surface area (Å²) in [5.74, 6) is 0.0584. The van der Waals surface area contributed by atoms with E-state index >= 15 is 0 Å². The molecule has 0 aliphatic heterocycles. The fourth-order valence-electron chi connectivity index (χ4n) is 0.571. The molecule has 78 valence electrons. The number of nitrogens with zero attached hydrogens (tertiary/aromatic N) is 1. The Morgan fingerprint density at radius 2 is 2.00 bits per heavy atom. The van der Waals surface area contributed by atoms with Crippen LogP contribution in [0.4, 0.5) is 0 Å². The van der Waals surface area contributed by atoms with E-state index in [0.717, 1.165) is 0 Å². The summed E-state index contributed by atoms with van der Waals surface area (Å²) in [6.07, 6.45) is 3.20. The van der Waals surface area contributed by atoms with Gasteiger partial charge in [-0.05, 0) is 19.1 Å². The summed E-state index contributed by atoms with van der Waals surface area (Å²) in [5, 5.41) is 0. The third-order valence-electron chi connectivity index (χ3n) is 1.07. The molecule has 0 amide bonds. The van der Waals surface area contributed by atoms with Crippen molar-refractivity contribution in [3.8, 4) is 0 Å². The number of halogens is 3. The van der Waals surface area contributed by atoms with Gasteiger partial charge in [0, 0.05) is 18.0 Å². The van der Waals surface area contributed by atoms with Crippen molar-refractivity contribution < 1.29 is 20.0 Å². The summed E-state index contributed by atoms with van der Waals surface area (Å²) in [7, 11) is 14.9. The molecule has 0 aromatic carbocycles. The Kier molecular flexibility index (Phi) is 8.06. The minimum atomic E-state index is -1.79. The van der Waals surface area contributed by atoms with Gasteiger partial charge in [-0.25, -0.2) is 0 Å². The van der Waals surface area contributed by atoms with Gasteiger partial charge in [0.05, 0.1) is 0 Å². The zero-order valence-corrected chi connectivity index (χ0v) is 11.0. The van der Waals surface area contributed by atoms with Gasteiger partial charge in [0.15, 0.2) is 5.78 Å². The van der Waals surface area contributed by atoms with Gasteiger partial charge in [0.2, 0.25) is 0 Å². The minimum absolute atomic E-state index is 0.0584. The Balaban J connectivity index is 0.000000310. The van der Waals surface area contributed by atoms with E-state index < -0.39 is 15.2 Å². The van der Waals surface area contributed by atoms with Crippen LogP contribution in [0, 0.1) is 0 Å². The first-order valence-electron chi connectivity index (χ1n) is 3.06. The molecule has 0 atom stereocenters. The van der Waals surface area contributed by atoms with E-state index in [1.54, 1.807) is 24.5 Å². The summed E-state index contributed by atoms with van der Waals surface area (Å²) in [4.78, 5) is 14.4. The molecule has 0 saturated heterocycles. The van der Waals surface area contributed by atoms with Gasteiger partial charge >= 0.3 is 42.8 Å². The van der Waals surface area contributed by atoms with Gasteiger partial charge < -0.3 is 0 Å². The average molecular weight is 424 g/mol. The molecule has 0 saturated carbocycles. The quantitative estimate of drug-likeness (QED) is 0.511. The SMILES string of the molecule is CC(=O)c1cccnc1.[Cl][Au]([Cl])[Cl]. The molecule has 6 heteroatoms. The van der Waals surface area contributed by atoms with Crippen molar-refractivity contribution in [1.29, 1.82) is 0 Å². The summed E-state index contributed by atoms with van der Waals surface area (Å²) in [6, 6.07) is 3.49. The summed E-state index contributed by atoms with van der Waals surface area (Å²) in [6.45, 7) is 1.52. The van der Waals surface area contributed by atoms with Crippen molar-refractivity contribution in [1.82, 2.24) is 4.98 Å². The fraction of sp³-hybridized carbons (Fsp3) is 0.143. The number of aromatic nitrogens is 1. The molecule has 0 N–H and O–H groups in total. The van der Waals surface area contributed by atoms with Crippen LogP contribution in [0.1, 0.15) is 17.3 Å². The van der Waals surface area contributed by atoms with Crippen LogP contribution in [0.25, 0.3) is 0 Å². The van der Waals surface area contributed by atoms with E-state index in [9.17, 15) is 4.79 Å². The molecule has 1 aromatic heterocycles. The maximum atomic E-state index is 10.6. The zero-order chi connectivity index (χ0) is 10.3. The number of rotatable bonds is 1. The predicted octanol–water partition coefficient (Wildman–Crippen LogP) is 3.35. The van der Waals surface area contributed by atoms with Crippen LogP contribution in [0.15, 0.2) is 24.5 Å². The van der Waals surface area contributed by atoms with Crippen LogP contribution in [-0.4, -0.2) is 10.8 Å². The molecule has 13 heavy (non-hydrogen) atoms. The second-order valence-electron chi connectivity index (χ2n) is 1.93. The van der Waals surface area contributed by atoms with Crippen molar-refractivity contribution in [3.05, 3.63) is 30.1 Å². The third kappa shape index (κ3) is 8.75. The van der Waals surface area contributed by atoms with Crippen LogP contribution in [-0.2, 0) is 15.2 Å². The van der Waals surface area contributed by atoms with Crippen LogP contribution >= 0.6 is 27.6 Å². The summed E-state index contributed by atoms with van der Waals surface area (Å²) in [5.41, 5.74) is 0.664. The predicted molar refractivity (Wildman–Crippen MR) is 51.8 cm³/mol. The molecule has 0 spiro atoms. The van der Waals surface area contributed by atoms with E-state index in [-0.39, 0.29) is 5.78 Å². The summed E-state index contributed by atoms with van der Waals surface area (Å²) < 4.78 is 0. The van der Waals surface area contributed by atoms with Gasteiger partial charge in [-0.3, -0.25) is 9.78 Å². The number of pyridine rings is 1. The molecule has 0 unspecified atom stereocenters. The second kappa shape index (κ2) is 7.80. The molecule has 0 bridgehead atoms. The Morgan fingerprint density at radius 3 is 2.23 bits per heavy atom. The van der Waals surface area contributed by atoms with Crippen molar-refractivity contribution in [2.75, 3.05) is 0 Å². The van der Waals surface area contributed by atoms with Crippen LogP contribution < -0.4 is 0 Å². The maximum absolute atomic E-state index is 10.6. The molecule has 1 heterocycles. The monoisotopic (exact) mass is 423 g/mol. The number of carbonyl (C=O) groups is 1. The molecule has 2 nitrogen and oxygen atoms in total. The number of hydrogen-bond donors (Lipinski definition) is 0. The first-order chi connectivity index (χ1) is 6.04. The molecular formula is C7H7AuCl3NO. The molecule has 0 fully saturated rings. The van der Waals surface area contributed by atoms with Crippen molar-refractivity contribution in [3.63, 3.8) is 0 Å². The molecule has 1 rings (SSSR count). The number of Topliss-reactive ketones (excluding diaryl/α,β-unsaturated/α-hetero) is 1. The molecule has 0 aliphatic carbocycles.